The molecule has 0 unspecified atom stereocenters. The maximum absolute atomic E-state index is 12.7. The number of amides is 2. The van der Waals surface area contributed by atoms with Gasteiger partial charge >= 0.3 is 5.97 Å². The van der Waals surface area contributed by atoms with Crippen LogP contribution in [0.25, 0.3) is 0 Å². The van der Waals surface area contributed by atoms with Crippen LogP contribution in [0.4, 0.5) is 0 Å². The smallest absolute Gasteiger partial charge is 0.313 e. The Morgan fingerprint density at radius 2 is 1.93 bits per heavy atom. The highest BCUT2D eigenvalue weighted by atomic mass is 16.4. The van der Waals surface area contributed by atoms with Crippen molar-refractivity contribution in [2.75, 3.05) is 32.7 Å². The second kappa shape index (κ2) is 6.96. The van der Waals surface area contributed by atoms with Crippen molar-refractivity contribution < 1.29 is 19.5 Å². The van der Waals surface area contributed by atoms with Crippen molar-refractivity contribution in [1.82, 2.24) is 15.1 Å². The quantitative estimate of drug-likeness (QED) is 0.731. The number of fused-ring (bicyclic) bond motifs is 1. The number of hydrogen-bond acceptors (Lipinski definition) is 4. The first-order chi connectivity index (χ1) is 13.0. The molecule has 2 aliphatic heterocycles. The van der Waals surface area contributed by atoms with Crippen LogP contribution in [-0.2, 0) is 20.9 Å². The van der Waals surface area contributed by atoms with Crippen molar-refractivity contribution in [3.8, 4) is 0 Å². The van der Waals surface area contributed by atoms with Crippen molar-refractivity contribution in [3.05, 3.63) is 35.9 Å². The molecule has 7 nitrogen and oxygen atoms in total. The SMILES string of the molecule is O=C(CN1C[C@H]2C(=O)N(CC3CC3)C[C@@]2(C(=O)O)C1)NCc1ccccc1. The summed E-state index contributed by atoms with van der Waals surface area (Å²) in [6.07, 6.45) is 2.25. The van der Waals surface area contributed by atoms with Gasteiger partial charge in [0.15, 0.2) is 0 Å². The van der Waals surface area contributed by atoms with E-state index >= 15 is 0 Å². The fourth-order valence-corrected chi connectivity index (χ4v) is 4.35. The topological polar surface area (TPSA) is 90.0 Å². The van der Waals surface area contributed by atoms with Crippen molar-refractivity contribution >= 4 is 17.8 Å². The van der Waals surface area contributed by atoms with Gasteiger partial charge in [-0.2, -0.15) is 0 Å². The first-order valence-electron chi connectivity index (χ1n) is 9.53. The number of aliphatic carboxylic acids is 1. The van der Waals surface area contributed by atoms with Gasteiger partial charge in [0.05, 0.1) is 12.5 Å². The van der Waals surface area contributed by atoms with E-state index in [-0.39, 0.29) is 31.4 Å². The van der Waals surface area contributed by atoms with Crippen LogP contribution in [0.15, 0.2) is 30.3 Å². The van der Waals surface area contributed by atoms with Crippen LogP contribution in [0.1, 0.15) is 18.4 Å². The Hall–Kier alpha value is -2.41. The van der Waals surface area contributed by atoms with Crippen molar-refractivity contribution in [1.29, 1.82) is 0 Å². The maximum Gasteiger partial charge on any atom is 0.313 e. The molecular formula is C20H25N3O4. The van der Waals surface area contributed by atoms with Crippen LogP contribution < -0.4 is 5.32 Å². The first-order valence-corrected chi connectivity index (χ1v) is 9.53. The molecule has 1 aromatic carbocycles. The summed E-state index contributed by atoms with van der Waals surface area (Å²) in [6, 6.07) is 9.63. The maximum atomic E-state index is 12.7. The third-order valence-electron chi connectivity index (χ3n) is 6.00. The van der Waals surface area contributed by atoms with E-state index in [2.05, 4.69) is 5.32 Å². The summed E-state index contributed by atoms with van der Waals surface area (Å²) in [7, 11) is 0. The van der Waals surface area contributed by atoms with Gasteiger partial charge in [0.25, 0.3) is 0 Å². The van der Waals surface area contributed by atoms with Gasteiger partial charge in [-0.15, -0.1) is 0 Å². The van der Waals surface area contributed by atoms with Gasteiger partial charge in [-0.3, -0.25) is 19.3 Å². The Morgan fingerprint density at radius 1 is 1.19 bits per heavy atom. The lowest BCUT2D eigenvalue weighted by molar-refractivity contribution is -0.149. The lowest BCUT2D eigenvalue weighted by Gasteiger charge is -2.25. The monoisotopic (exact) mass is 371 g/mol. The summed E-state index contributed by atoms with van der Waals surface area (Å²) < 4.78 is 0. The summed E-state index contributed by atoms with van der Waals surface area (Å²) in [5.41, 5.74) is -0.0665. The normalized spacial score (nSPS) is 27.6. The number of nitrogens with zero attached hydrogens (tertiary/aromatic N) is 2. The van der Waals surface area contributed by atoms with Crippen molar-refractivity contribution in [2.24, 2.45) is 17.3 Å². The van der Waals surface area contributed by atoms with Crippen LogP contribution in [0, 0.1) is 17.3 Å². The van der Waals surface area contributed by atoms with E-state index in [1.54, 1.807) is 4.90 Å². The molecule has 2 saturated heterocycles. The molecule has 0 spiro atoms. The molecule has 1 aliphatic carbocycles. The molecule has 1 saturated carbocycles. The third-order valence-corrected chi connectivity index (χ3v) is 6.00. The molecule has 27 heavy (non-hydrogen) atoms. The van der Waals surface area contributed by atoms with E-state index in [1.165, 1.54) is 0 Å². The summed E-state index contributed by atoms with van der Waals surface area (Å²) in [5.74, 6) is -1.14. The summed E-state index contributed by atoms with van der Waals surface area (Å²) in [6.45, 7) is 2.10. The van der Waals surface area contributed by atoms with Gasteiger partial charge < -0.3 is 15.3 Å². The highest BCUT2D eigenvalue weighted by molar-refractivity contribution is 5.92. The average molecular weight is 371 g/mol. The summed E-state index contributed by atoms with van der Waals surface area (Å²) in [5, 5.41) is 12.7. The Kier molecular flexibility index (Phi) is 4.63. The molecule has 3 aliphatic rings. The van der Waals surface area contributed by atoms with E-state index in [4.69, 9.17) is 0 Å². The van der Waals surface area contributed by atoms with E-state index in [9.17, 15) is 19.5 Å². The average Bonchev–Trinajstić information content (AvgIpc) is 3.33. The minimum atomic E-state index is -1.08. The van der Waals surface area contributed by atoms with Crippen LogP contribution in [-0.4, -0.2) is 65.4 Å². The number of carboxylic acids is 1. The molecule has 4 rings (SSSR count). The van der Waals surface area contributed by atoms with Crippen molar-refractivity contribution in [3.63, 3.8) is 0 Å². The summed E-state index contributed by atoms with van der Waals surface area (Å²) in [4.78, 5) is 40.6. The van der Waals surface area contributed by atoms with Gasteiger partial charge in [0.2, 0.25) is 11.8 Å². The number of hydrogen-bond donors (Lipinski definition) is 2. The van der Waals surface area contributed by atoms with E-state index in [0.717, 1.165) is 18.4 Å². The zero-order valence-electron chi connectivity index (χ0n) is 15.3. The predicted octanol–water partition coefficient (Wildman–Crippen LogP) is 0.558. The molecule has 2 amide bonds. The lowest BCUT2D eigenvalue weighted by Crippen LogP contribution is -2.43. The summed E-state index contributed by atoms with van der Waals surface area (Å²) >= 11 is 0. The third kappa shape index (κ3) is 3.56. The molecule has 0 bridgehead atoms. The van der Waals surface area contributed by atoms with E-state index in [0.29, 0.717) is 25.6 Å². The molecule has 2 atom stereocenters. The zero-order chi connectivity index (χ0) is 19.0. The molecule has 3 fully saturated rings. The van der Waals surface area contributed by atoms with Crippen LogP contribution in [0.2, 0.25) is 0 Å². The zero-order valence-corrected chi connectivity index (χ0v) is 15.3. The highest BCUT2D eigenvalue weighted by Crippen LogP contribution is 2.45. The Labute approximate surface area is 158 Å². The number of rotatable bonds is 7. The second-order valence-corrected chi connectivity index (χ2v) is 8.11. The Bertz CT molecular complexity index is 749. The lowest BCUT2D eigenvalue weighted by atomic mass is 9.81. The first kappa shape index (κ1) is 18.0. The Morgan fingerprint density at radius 3 is 2.56 bits per heavy atom. The number of likely N-dealkylation sites (tertiary alicyclic amines) is 2. The molecule has 1 aromatic rings. The van der Waals surface area contributed by atoms with Crippen LogP contribution in [0.5, 0.6) is 0 Å². The van der Waals surface area contributed by atoms with E-state index in [1.807, 2.05) is 35.2 Å². The Balaban J connectivity index is 1.35. The largest absolute Gasteiger partial charge is 0.481 e. The molecule has 0 aromatic heterocycles. The van der Waals surface area contributed by atoms with Crippen molar-refractivity contribution in [2.45, 2.75) is 19.4 Å². The van der Waals surface area contributed by atoms with Gasteiger partial charge in [0.1, 0.15) is 5.41 Å². The molecule has 7 heteroatoms. The molecule has 0 radical (unpaired) electrons. The molecule has 2 N–H and O–H groups in total. The molecule has 144 valence electrons. The van der Waals surface area contributed by atoms with Crippen LogP contribution >= 0.6 is 0 Å². The van der Waals surface area contributed by atoms with Crippen LogP contribution in [0.3, 0.4) is 0 Å². The second-order valence-electron chi connectivity index (χ2n) is 8.11. The number of nitrogens with one attached hydrogen (secondary N) is 1. The molecule has 2 heterocycles. The number of carbonyl (C=O) groups is 3. The predicted molar refractivity (Wildman–Crippen MR) is 97.6 cm³/mol. The number of carboxylic acid groups (broad SMARTS) is 1. The standard InChI is InChI=1S/C20H25N3O4/c24-17(21-8-14-4-2-1-3-5-14)11-22-10-16-18(25)23(9-15-6-7-15)13-20(16,12-22)19(26)27/h1-5,15-16H,6-13H2,(H,21,24)(H,26,27)/t16-,20-/m0/s1. The minimum Gasteiger partial charge on any atom is -0.481 e. The van der Waals surface area contributed by atoms with Gasteiger partial charge in [-0.25, -0.2) is 0 Å². The van der Waals surface area contributed by atoms with Gasteiger partial charge in [0, 0.05) is 32.7 Å². The number of carbonyl (C=O) groups excluding carboxylic acids is 2. The van der Waals surface area contributed by atoms with E-state index < -0.39 is 17.3 Å². The molecular weight excluding hydrogens is 346 g/mol. The highest BCUT2D eigenvalue weighted by Gasteiger charge is 2.62. The van der Waals surface area contributed by atoms with Gasteiger partial charge in [-0.05, 0) is 24.3 Å². The fraction of sp³-hybridized carbons (Fsp3) is 0.550. The number of benzene rings is 1. The van der Waals surface area contributed by atoms with Gasteiger partial charge in [-0.1, -0.05) is 30.3 Å². The fourth-order valence-electron chi connectivity index (χ4n) is 4.35. The minimum absolute atomic E-state index is 0.0588.